The summed E-state index contributed by atoms with van der Waals surface area (Å²) in [5.74, 6) is 0.560. The van der Waals surface area contributed by atoms with E-state index in [0.717, 1.165) is 34.4 Å². The quantitative estimate of drug-likeness (QED) is 0.728. The van der Waals surface area contributed by atoms with Crippen molar-refractivity contribution in [3.8, 4) is 16.9 Å². The van der Waals surface area contributed by atoms with E-state index < -0.39 is 0 Å². The minimum atomic E-state index is -0.231. The number of benzene rings is 2. The molecule has 0 aromatic heterocycles. The molecule has 3 heteroatoms. The van der Waals surface area contributed by atoms with Crippen molar-refractivity contribution in [3.63, 3.8) is 0 Å². The summed E-state index contributed by atoms with van der Waals surface area (Å²) >= 11 is 6.05. The van der Waals surface area contributed by atoms with Gasteiger partial charge in [0, 0.05) is 22.6 Å². The monoisotopic (exact) mass is 276 g/mol. The molecule has 0 saturated heterocycles. The van der Waals surface area contributed by atoms with Crippen LogP contribution in [0.3, 0.4) is 0 Å². The van der Waals surface area contributed by atoms with Crippen LogP contribution in [0, 0.1) is 12.7 Å². The van der Waals surface area contributed by atoms with Crippen LogP contribution in [-0.2, 0) is 6.42 Å². The Morgan fingerprint density at radius 3 is 2.79 bits per heavy atom. The van der Waals surface area contributed by atoms with Crippen LogP contribution >= 0.6 is 11.6 Å². The molecule has 0 N–H and O–H groups in total. The number of aryl methyl sites for hydroxylation is 1. The van der Waals surface area contributed by atoms with Crippen molar-refractivity contribution in [3.05, 3.63) is 52.3 Å². The van der Waals surface area contributed by atoms with Crippen LogP contribution in [0.2, 0.25) is 5.02 Å². The summed E-state index contributed by atoms with van der Waals surface area (Å²) in [5, 5.41) is 0.643. The van der Waals surface area contributed by atoms with E-state index in [-0.39, 0.29) is 11.9 Å². The Hall–Kier alpha value is -1.54. The van der Waals surface area contributed by atoms with Gasteiger partial charge >= 0.3 is 0 Å². The van der Waals surface area contributed by atoms with Crippen molar-refractivity contribution >= 4 is 11.6 Å². The highest BCUT2D eigenvalue weighted by atomic mass is 35.5. The molecule has 0 saturated carbocycles. The lowest BCUT2D eigenvalue weighted by atomic mass is 9.97. The van der Waals surface area contributed by atoms with Gasteiger partial charge in [0.2, 0.25) is 0 Å². The first kappa shape index (κ1) is 12.5. The van der Waals surface area contributed by atoms with Crippen LogP contribution in [0.1, 0.15) is 18.1 Å². The van der Waals surface area contributed by atoms with E-state index in [0.29, 0.717) is 5.02 Å². The third kappa shape index (κ3) is 2.21. The first-order valence-electron chi connectivity index (χ1n) is 6.30. The second-order valence-electron chi connectivity index (χ2n) is 5.03. The van der Waals surface area contributed by atoms with Gasteiger partial charge in [-0.1, -0.05) is 17.7 Å². The van der Waals surface area contributed by atoms with E-state index >= 15 is 0 Å². The average molecular weight is 277 g/mol. The first-order valence-corrected chi connectivity index (χ1v) is 6.68. The molecule has 2 aromatic carbocycles. The fraction of sp³-hybridized carbons (Fsp3) is 0.250. The third-order valence-electron chi connectivity index (χ3n) is 3.45. The maximum absolute atomic E-state index is 13.8. The standard InChI is InChI=1S/C16H14ClFO/c1-9-3-4-12(17)7-14(9)15-8-13(18)6-11-5-10(2)19-16(11)15/h3-4,6-8,10H,5H2,1-2H3. The molecule has 0 spiro atoms. The smallest absolute Gasteiger partial charge is 0.131 e. The molecule has 19 heavy (non-hydrogen) atoms. The summed E-state index contributed by atoms with van der Waals surface area (Å²) in [5.41, 5.74) is 3.71. The van der Waals surface area contributed by atoms with Crippen LogP contribution in [0.25, 0.3) is 11.1 Å². The lowest BCUT2D eigenvalue weighted by molar-refractivity contribution is 0.255. The predicted octanol–water partition coefficient (Wildman–Crippen LogP) is 4.78. The van der Waals surface area contributed by atoms with Gasteiger partial charge in [-0.05, 0) is 49.2 Å². The number of ether oxygens (including phenoxy) is 1. The highest BCUT2D eigenvalue weighted by molar-refractivity contribution is 6.30. The van der Waals surface area contributed by atoms with Crippen LogP contribution in [0.4, 0.5) is 4.39 Å². The Bertz CT molecular complexity index is 651. The zero-order chi connectivity index (χ0) is 13.6. The topological polar surface area (TPSA) is 9.23 Å². The number of hydrogen-bond donors (Lipinski definition) is 0. The van der Waals surface area contributed by atoms with Gasteiger partial charge < -0.3 is 4.74 Å². The lowest BCUT2D eigenvalue weighted by Crippen LogP contribution is -2.05. The van der Waals surface area contributed by atoms with Crippen molar-refractivity contribution < 1.29 is 9.13 Å². The zero-order valence-corrected chi connectivity index (χ0v) is 11.6. The second kappa shape index (κ2) is 4.53. The molecule has 0 fully saturated rings. The van der Waals surface area contributed by atoms with Gasteiger partial charge in [0.25, 0.3) is 0 Å². The molecule has 1 unspecified atom stereocenters. The largest absolute Gasteiger partial charge is 0.489 e. The normalized spacial score (nSPS) is 17.2. The van der Waals surface area contributed by atoms with E-state index in [1.807, 2.05) is 32.0 Å². The maximum atomic E-state index is 13.8. The molecule has 0 aliphatic carbocycles. The van der Waals surface area contributed by atoms with E-state index in [9.17, 15) is 4.39 Å². The van der Waals surface area contributed by atoms with Gasteiger partial charge in [-0.3, -0.25) is 0 Å². The summed E-state index contributed by atoms with van der Waals surface area (Å²) in [4.78, 5) is 0. The minimum absolute atomic E-state index is 0.0926. The van der Waals surface area contributed by atoms with Crippen molar-refractivity contribution in [1.82, 2.24) is 0 Å². The van der Waals surface area contributed by atoms with Crippen molar-refractivity contribution in [1.29, 1.82) is 0 Å². The molecule has 1 atom stereocenters. The van der Waals surface area contributed by atoms with E-state index in [2.05, 4.69) is 0 Å². The Kier molecular flexibility index (Phi) is 2.98. The van der Waals surface area contributed by atoms with Gasteiger partial charge in [0.15, 0.2) is 0 Å². The molecular formula is C16H14ClFO. The Balaban J connectivity index is 2.23. The van der Waals surface area contributed by atoms with E-state index in [1.165, 1.54) is 6.07 Å². The highest BCUT2D eigenvalue weighted by Gasteiger charge is 2.24. The number of fused-ring (bicyclic) bond motifs is 1. The van der Waals surface area contributed by atoms with Crippen LogP contribution < -0.4 is 4.74 Å². The Labute approximate surface area is 117 Å². The molecule has 1 aliphatic heterocycles. The summed E-state index contributed by atoms with van der Waals surface area (Å²) in [6.07, 6.45) is 0.842. The van der Waals surface area contributed by atoms with Crippen molar-refractivity contribution in [2.45, 2.75) is 26.4 Å². The van der Waals surface area contributed by atoms with Gasteiger partial charge in [0.05, 0.1) is 0 Å². The Morgan fingerprint density at radius 2 is 2.00 bits per heavy atom. The fourth-order valence-corrected chi connectivity index (χ4v) is 2.75. The highest BCUT2D eigenvalue weighted by Crippen LogP contribution is 2.41. The molecule has 1 nitrogen and oxygen atoms in total. The van der Waals surface area contributed by atoms with Gasteiger partial charge in [-0.15, -0.1) is 0 Å². The molecule has 1 aliphatic rings. The van der Waals surface area contributed by atoms with Gasteiger partial charge in [0.1, 0.15) is 17.7 Å². The molecule has 98 valence electrons. The maximum Gasteiger partial charge on any atom is 0.131 e. The number of hydrogen-bond acceptors (Lipinski definition) is 1. The first-order chi connectivity index (χ1) is 9.04. The fourth-order valence-electron chi connectivity index (χ4n) is 2.58. The van der Waals surface area contributed by atoms with Crippen molar-refractivity contribution in [2.24, 2.45) is 0 Å². The SMILES string of the molecule is Cc1ccc(Cl)cc1-c1cc(F)cc2c1OC(C)C2. The van der Waals surface area contributed by atoms with E-state index in [4.69, 9.17) is 16.3 Å². The average Bonchev–Trinajstić information content (AvgIpc) is 2.71. The molecule has 3 rings (SSSR count). The van der Waals surface area contributed by atoms with Crippen molar-refractivity contribution in [2.75, 3.05) is 0 Å². The molecular weight excluding hydrogens is 263 g/mol. The Morgan fingerprint density at radius 1 is 1.21 bits per heavy atom. The molecule has 1 heterocycles. The minimum Gasteiger partial charge on any atom is -0.489 e. The molecule has 0 amide bonds. The zero-order valence-electron chi connectivity index (χ0n) is 10.8. The summed E-state index contributed by atoms with van der Waals surface area (Å²) in [7, 11) is 0. The summed E-state index contributed by atoms with van der Waals surface area (Å²) in [6.45, 7) is 3.98. The van der Waals surface area contributed by atoms with Gasteiger partial charge in [-0.2, -0.15) is 0 Å². The number of halogens is 2. The van der Waals surface area contributed by atoms with Crippen LogP contribution in [0.15, 0.2) is 30.3 Å². The molecule has 0 bridgehead atoms. The predicted molar refractivity (Wildman–Crippen MR) is 75.4 cm³/mol. The summed E-state index contributed by atoms with van der Waals surface area (Å²) in [6, 6.07) is 8.72. The second-order valence-corrected chi connectivity index (χ2v) is 5.47. The molecule has 2 aromatic rings. The third-order valence-corrected chi connectivity index (χ3v) is 3.68. The number of rotatable bonds is 1. The van der Waals surface area contributed by atoms with Gasteiger partial charge in [-0.25, -0.2) is 4.39 Å². The van der Waals surface area contributed by atoms with E-state index in [1.54, 1.807) is 6.07 Å². The van der Waals surface area contributed by atoms with Crippen LogP contribution in [-0.4, -0.2) is 6.10 Å². The van der Waals surface area contributed by atoms with Crippen LogP contribution in [0.5, 0.6) is 5.75 Å². The summed E-state index contributed by atoms with van der Waals surface area (Å²) < 4.78 is 19.6. The lowest BCUT2D eigenvalue weighted by Gasteiger charge is -2.12. The molecule has 0 radical (unpaired) electrons.